The summed E-state index contributed by atoms with van der Waals surface area (Å²) in [4.78, 5) is 46.0. The number of nitrogens with zero attached hydrogens (tertiary/aromatic N) is 1. The van der Waals surface area contributed by atoms with Crippen molar-refractivity contribution >= 4 is 84.1 Å². The van der Waals surface area contributed by atoms with Crippen LogP contribution >= 0.6 is 66.6 Å². The number of aromatic amines is 1. The fourth-order valence-corrected chi connectivity index (χ4v) is 11.5. The summed E-state index contributed by atoms with van der Waals surface area (Å²) in [7, 11) is 0. The molecule has 2 aliphatic heterocycles. The van der Waals surface area contributed by atoms with E-state index in [2.05, 4.69) is 42.9 Å². The fourth-order valence-electron chi connectivity index (χ4n) is 7.85. The average Bonchev–Trinajstić information content (AvgIpc) is 3.73. The largest absolute Gasteiger partial charge is 0.489 e. The van der Waals surface area contributed by atoms with E-state index in [1.807, 2.05) is 60.7 Å². The van der Waals surface area contributed by atoms with Crippen molar-refractivity contribution in [3.05, 3.63) is 106 Å². The Hall–Kier alpha value is -2.37. The monoisotopic (exact) mass is 756 g/mol. The van der Waals surface area contributed by atoms with Crippen molar-refractivity contribution in [1.82, 2.24) is 4.98 Å². The zero-order valence-electron chi connectivity index (χ0n) is 22.3. The van der Waals surface area contributed by atoms with Crippen molar-refractivity contribution in [3.8, 4) is 5.75 Å². The van der Waals surface area contributed by atoms with Gasteiger partial charge < -0.3 is 9.72 Å². The molecule has 1 aromatic heterocycles. The SMILES string of the molecule is O=C1C2C3CC(C2C(=O)N1c1ccc(Br)cc1)C1C3Sc2[nH]c(=O)sc2[C@@H]1c1cc(Br)ccc1OCc1ccc(Cl)cc1. The summed E-state index contributed by atoms with van der Waals surface area (Å²) in [6.07, 6.45) is 0.827. The number of rotatable bonds is 5. The summed E-state index contributed by atoms with van der Waals surface area (Å²) in [6.45, 7) is 0.365. The lowest BCUT2D eigenvalue weighted by atomic mass is 9.68. The summed E-state index contributed by atoms with van der Waals surface area (Å²) in [5, 5.41) is 1.64. The van der Waals surface area contributed by atoms with Gasteiger partial charge in [-0.2, -0.15) is 0 Å². The molecule has 3 fully saturated rings. The molecule has 1 N–H and O–H groups in total. The van der Waals surface area contributed by atoms with Crippen molar-refractivity contribution in [2.24, 2.45) is 29.6 Å². The maximum atomic E-state index is 14.0. The summed E-state index contributed by atoms with van der Waals surface area (Å²) < 4.78 is 8.25. The number of imide groups is 1. The second-order valence-electron chi connectivity index (χ2n) is 11.5. The second-order valence-corrected chi connectivity index (χ2v) is 16.0. The zero-order chi connectivity index (χ0) is 29.6. The molecular formula is C32H23Br2ClN2O4S2. The number of halogens is 3. The molecular weight excluding hydrogens is 736 g/mol. The van der Waals surface area contributed by atoms with Gasteiger partial charge in [0.15, 0.2) is 0 Å². The van der Waals surface area contributed by atoms with Gasteiger partial charge in [-0.1, -0.05) is 66.9 Å². The number of anilines is 1. The minimum absolute atomic E-state index is 0.0165. The van der Waals surface area contributed by atoms with Gasteiger partial charge in [0.05, 0.1) is 22.5 Å². The normalized spacial score (nSPS) is 28.6. The molecule has 2 bridgehead atoms. The van der Waals surface area contributed by atoms with E-state index in [-0.39, 0.29) is 57.4 Å². The third kappa shape index (κ3) is 4.50. The first-order chi connectivity index (χ1) is 20.8. The van der Waals surface area contributed by atoms with Crippen molar-refractivity contribution < 1.29 is 14.3 Å². The Morgan fingerprint density at radius 2 is 1.60 bits per heavy atom. The standard InChI is InChI=1S/C32H23Br2ClN2O4S2/c33-15-3-8-18(9-4-15)37-30(38)25-20-12-21(26(25)31(37)39)27-24(20)23(28-29(42-27)36-32(40)43-28)19-11-16(34)5-10-22(19)41-13-14-1-6-17(35)7-2-14/h1-11,20-21,23-27H,12-13H2,(H,36,40)/t20?,21?,23-,24?,25?,26?,27?/m1/s1. The minimum atomic E-state index is -0.367. The molecule has 0 spiro atoms. The maximum absolute atomic E-state index is 14.0. The van der Waals surface area contributed by atoms with Crippen molar-refractivity contribution in [3.63, 3.8) is 0 Å². The zero-order valence-corrected chi connectivity index (χ0v) is 27.9. The van der Waals surface area contributed by atoms with Gasteiger partial charge >= 0.3 is 4.87 Å². The van der Waals surface area contributed by atoms with E-state index < -0.39 is 0 Å². The molecule has 6 nitrogen and oxygen atoms in total. The lowest BCUT2D eigenvalue weighted by molar-refractivity contribution is -0.123. The number of hydrogen-bond donors (Lipinski definition) is 1. The topological polar surface area (TPSA) is 79.5 Å². The molecule has 218 valence electrons. The first kappa shape index (κ1) is 28.1. The Morgan fingerprint density at radius 1 is 0.907 bits per heavy atom. The predicted molar refractivity (Wildman–Crippen MR) is 175 cm³/mol. The van der Waals surface area contributed by atoms with Crippen LogP contribution in [0.25, 0.3) is 0 Å². The number of carbonyl (C=O) groups excluding carboxylic acids is 2. The van der Waals surface area contributed by atoms with Crippen LogP contribution in [0.2, 0.25) is 5.02 Å². The summed E-state index contributed by atoms with van der Waals surface area (Å²) >= 11 is 16.1. The molecule has 6 unspecified atom stereocenters. The smallest absolute Gasteiger partial charge is 0.305 e. The van der Waals surface area contributed by atoms with Crippen LogP contribution in [0, 0.1) is 29.6 Å². The first-order valence-corrected chi connectivity index (χ1v) is 17.6. The molecule has 8 rings (SSSR count). The number of thiazole rings is 1. The van der Waals surface area contributed by atoms with E-state index >= 15 is 0 Å². The van der Waals surface area contributed by atoms with Crippen LogP contribution in [0.15, 0.2) is 85.5 Å². The molecule has 1 saturated heterocycles. The van der Waals surface area contributed by atoms with Gasteiger partial charge in [-0.25, -0.2) is 0 Å². The molecule has 4 aliphatic rings. The van der Waals surface area contributed by atoms with E-state index in [1.54, 1.807) is 11.8 Å². The van der Waals surface area contributed by atoms with Crippen LogP contribution in [-0.2, 0) is 16.2 Å². The average molecular weight is 759 g/mol. The molecule has 3 aromatic carbocycles. The Kier molecular flexibility index (Phi) is 6.95. The molecule has 7 atom stereocenters. The predicted octanol–water partition coefficient (Wildman–Crippen LogP) is 7.87. The quantitative estimate of drug-likeness (QED) is 0.210. The Labute approximate surface area is 277 Å². The molecule has 0 radical (unpaired) electrons. The van der Waals surface area contributed by atoms with Crippen LogP contribution < -0.4 is 14.5 Å². The van der Waals surface area contributed by atoms with Crippen LogP contribution in [0.1, 0.15) is 28.3 Å². The van der Waals surface area contributed by atoms with E-state index in [0.717, 1.165) is 42.1 Å². The van der Waals surface area contributed by atoms with Crippen molar-refractivity contribution in [1.29, 1.82) is 0 Å². The third-order valence-electron chi connectivity index (χ3n) is 9.42. The number of H-pyrrole nitrogens is 1. The van der Waals surface area contributed by atoms with Gasteiger partial charge in [0, 0.05) is 35.6 Å². The van der Waals surface area contributed by atoms with E-state index in [0.29, 0.717) is 17.3 Å². The van der Waals surface area contributed by atoms with Gasteiger partial charge in [-0.3, -0.25) is 19.3 Å². The van der Waals surface area contributed by atoms with Crippen LogP contribution in [0.4, 0.5) is 5.69 Å². The number of nitrogens with one attached hydrogen (secondary N) is 1. The molecule has 2 amide bonds. The Bertz CT molecular complexity index is 1840. The highest BCUT2D eigenvalue weighted by atomic mass is 79.9. The number of hydrogen-bond acceptors (Lipinski definition) is 6. The van der Waals surface area contributed by atoms with Gasteiger partial charge in [-0.15, -0.1) is 11.8 Å². The molecule has 2 aliphatic carbocycles. The fraction of sp³-hybridized carbons (Fsp3) is 0.281. The second kappa shape index (κ2) is 10.6. The maximum Gasteiger partial charge on any atom is 0.305 e. The van der Waals surface area contributed by atoms with Crippen LogP contribution in [0.5, 0.6) is 5.75 Å². The molecule has 43 heavy (non-hydrogen) atoms. The van der Waals surface area contributed by atoms with Crippen molar-refractivity contribution in [2.45, 2.75) is 29.2 Å². The lowest BCUT2D eigenvalue weighted by Gasteiger charge is -2.43. The van der Waals surface area contributed by atoms with Gasteiger partial charge in [0.25, 0.3) is 0 Å². The van der Waals surface area contributed by atoms with E-state index in [9.17, 15) is 14.4 Å². The Balaban J connectivity index is 1.20. The number of benzene rings is 3. The molecule has 2 saturated carbocycles. The van der Waals surface area contributed by atoms with Gasteiger partial charge in [0.1, 0.15) is 12.4 Å². The van der Waals surface area contributed by atoms with Crippen LogP contribution in [0.3, 0.4) is 0 Å². The van der Waals surface area contributed by atoms with Crippen molar-refractivity contribution in [2.75, 3.05) is 4.90 Å². The number of amides is 2. The van der Waals surface area contributed by atoms with Gasteiger partial charge in [0.2, 0.25) is 11.8 Å². The number of aromatic nitrogens is 1. The van der Waals surface area contributed by atoms with Crippen LogP contribution in [-0.4, -0.2) is 22.0 Å². The number of carbonyl (C=O) groups is 2. The van der Waals surface area contributed by atoms with Gasteiger partial charge in [-0.05, 0) is 84.3 Å². The highest BCUT2D eigenvalue weighted by molar-refractivity contribution is 9.10. The first-order valence-electron chi connectivity index (χ1n) is 14.0. The lowest BCUT2D eigenvalue weighted by Crippen LogP contribution is -2.42. The molecule has 4 aromatic rings. The summed E-state index contributed by atoms with van der Waals surface area (Å²) in [5.41, 5.74) is 2.60. The molecule has 11 heteroatoms. The Morgan fingerprint density at radius 3 is 2.35 bits per heavy atom. The molecule has 3 heterocycles. The number of thioether (sulfide) groups is 1. The van der Waals surface area contributed by atoms with E-state index in [1.165, 1.54) is 16.2 Å². The highest BCUT2D eigenvalue weighted by Gasteiger charge is 2.69. The van der Waals surface area contributed by atoms with E-state index in [4.69, 9.17) is 16.3 Å². The number of fused-ring (bicyclic) bond motifs is 9. The highest BCUT2D eigenvalue weighted by Crippen LogP contribution is 2.69. The summed E-state index contributed by atoms with van der Waals surface area (Å²) in [5.74, 6) is -0.181. The summed E-state index contributed by atoms with van der Waals surface area (Å²) in [6, 6.07) is 21.0. The minimum Gasteiger partial charge on any atom is -0.489 e. The number of ether oxygens (including phenoxy) is 1. The third-order valence-corrected chi connectivity index (χ3v) is 13.3.